The van der Waals surface area contributed by atoms with Crippen LogP contribution in [0.25, 0.3) is 0 Å². The number of pyridine rings is 1. The Morgan fingerprint density at radius 1 is 1.27 bits per heavy atom. The minimum absolute atomic E-state index is 0.00535. The molecule has 0 aromatic carbocycles. The predicted molar refractivity (Wildman–Crippen MR) is 104 cm³/mol. The molecular formula is C19H22F3N7O. The Labute approximate surface area is 172 Å². The van der Waals surface area contributed by atoms with Crippen molar-refractivity contribution in [3.63, 3.8) is 0 Å². The highest BCUT2D eigenvalue weighted by Gasteiger charge is 2.37. The zero-order valence-corrected chi connectivity index (χ0v) is 16.6. The summed E-state index contributed by atoms with van der Waals surface area (Å²) in [5.74, 6) is 0.452. The number of halogens is 3. The SMILES string of the molecule is CC(C)N(C[C@H]1CNCCO1)c1cc(Nc2cnc(C#N)cn2)ncc1C(F)(F)F. The molecule has 30 heavy (non-hydrogen) atoms. The highest BCUT2D eigenvalue weighted by atomic mass is 19.4. The molecule has 1 fully saturated rings. The smallest absolute Gasteiger partial charge is 0.374 e. The van der Waals surface area contributed by atoms with Crippen LogP contribution in [-0.4, -0.2) is 53.3 Å². The van der Waals surface area contributed by atoms with E-state index in [1.807, 2.05) is 19.9 Å². The van der Waals surface area contributed by atoms with Gasteiger partial charge in [0, 0.05) is 37.9 Å². The summed E-state index contributed by atoms with van der Waals surface area (Å²) in [7, 11) is 0. The topological polar surface area (TPSA) is 99.0 Å². The fourth-order valence-electron chi connectivity index (χ4n) is 3.09. The number of hydrogen-bond acceptors (Lipinski definition) is 8. The Hall–Kier alpha value is -2.97. The first-order valence-electron chi connectivity index (χ1n) is 9.43. The molecule has 0 saturated carbocycles. The summed E-state index contributed by atoms with van der Waals surface area (Å²) < 4.78 is 46.8. The maximum absolute atomic E-state index is 13.7. The molecule has 1 aliphatic heterocycles. The number of nitrogens with one attached hydrogen (secondary N) is 2. The summed E-state index contributed by atoms with van der Waals surface area (Å²) >= 11 is 0. The number of alkyl halides is 3. The third kappa shape index (κ3) is 5.34. The van der Waals surface area contributed by atoms with Gasteiger partial charge >= 0.3 is 6.18 Å². The van der Waals surface area contributed by atoms with Crippen molar-refractivity contribution in [2.24, 2.45) is 0 Å². The van der Waals surface area contributed by atoms with Crippen LogP contribution in [0.3, 0.4) is 0 Å². The fraction of sp³-hybridized carbons (Fsp3) is 0.474. The average Bonchev–Trinajstić information content (AvgIpc) is 2.72. The second-order valence-electron chi connectivity index (χ2n) is 7.05. The number of nitriles is 1. The van der Waals surface area contributed by atoms with Gasteiger partial charge in [-0.15, -0.1) is 0 Å². The maximum Gasteiger partial charge on any atom is 0.419 e. The number of rotatable bonds is 6. The summed E-state index contributed by atoms with van der Waals surface area (Å²) in [5, 5.41) is 14.8. The van der Waals surface area contributed by atoms with Gasteiger partial charge in [0.05, 0.1) is 36.4 Å². The number of hydrogen-bond donors (Lipinski definition) is 2. The van der Waals surface area contributed by atoms with Crippen LogP contribution in [0.1, 0.15) is 25.1 Å². The van der Waals surface area contributed by atoms with E-state index < -0.39 is 11.7 Å². The van der Waals surface area contributed by atoms with Crippen LogP contribution < -0.4 is 15.5 Å². The van der Waals surface area contributed by atoms with E-state index in [9.17, 15) is 13.2 Å². The van der Waals surface area contributed by atoms with Gasteiger partial charge in [-0.05, 0) is 13.8 Å². The van der Waals surface area contributed by atoms with E-state index in [0.717, 1.165) is 12.7 Å². The number of nitrogens with zero attached hydrogens (tertiary/aromatic N) is 5. The molecule has 3 rings (SSSR count). The average molecular weight is 421 g/mol. The lowest BCUT2D eigenvalue weighted by atomic mass is 10.1. The molecule has 0 spiro atoms. The Kier molecular flexibility index (Phi) is 6.69. The predicted octanol–water partition coefficient (Wildman–Crippen LogP) is 2.71. The molecule has 2 N–H and O–H groups in total. The number of morpholine rings is 1. The van der Waals surface area contributed by atoms with Gasteiger partial charge in [-0.3, -0.25) is 0 Å². The highest BCUT2D eigenvalue weighted by molar-refractivity contribution is 5.63. The summed E-state index contributed by atoms with van der Waals surface area (Å²) in [5.41, 5.74) is -0.684. The van der Waals surface area contributed by atoms with E-state index in [2.05, 4.69) is 25.6 Å². The van der Waals surface area contributed by atoms with Crippen LogP contribution >= 0.6 is 0 Å². The number of anilines is 3. The van der Waals surface area contributed by atoms with E-state index in [-0.39, 0.29) is 35.2 Å². The molecule has 1 aliphatic rings. The van der Waals surface area contributed by atoms with Gasteiger partial charge in [-0.1, -0.05) is 0 Å². The van der Waals surface area contributed by atoms with Gasteiger partial charge in [0.2, 0.25) is 0 Å². The lowest BCUT2D eigenvalue weighted by molar-refractivity contribution is -0.137. The summed E-state index contributed by atoms with van der Waals surface area (Å²) in [6.07, 6.45) is -1.39. The van der Waals surface area contributed by atoms with Crippen LogP contribution in [0.5, 0.6) is 0 Å². The quantitative estimate of drug-likeness (QED) is 0.735. The number of aromatic nitrogens is 3. The van der Waals surface area contributed by atoms with Gasteiger partial charge in [-0.25, -0.2) is 15.0 Å². The monoisotopic (exact) mass is 421 g/mol. The van der Waals surface area contributed by atoms with Crippen molar-refractivity contribution >= 4 is 17.3 Å². The van der Waals surface area contributed by atoms with Gasteiger partial charge in [0.25, 0.3) is 0 Å². The summed E-state index contributed by atoms with van der Waals surface area (Å²) in [6, 6.07) is 2.99. The van der Waals surface area contributed by atoms with Gasteiger partial charge < -0.3 is 20.3 Å². The Balaban J connectivity index is 1.93. The molecular weight excluding hydrogens is 399 g/mol. The third-order valence-corrected chi connectivity index (χ3v) is 4.55. The molecule has 1 saturated heterocycles. The first-order valence-corrected chi connectivity index (χ1v) is 9.43. The van der Waals surface area contributed by atoms with E-state index >= 15 is 0 Å². The van der Waals surface area contributed by atoms with E-state index in [4.69, 9.17) is 10.00 Å². The molecule has 160 valence electrons. The Bertz CT molecular complexity index is 890. The van der Waals surface area contributed by atoms with Gasteiger partial charge in [0.1, 0.15) is 17.7 Å². The van der Waals surface area contributed by atoms with Crippen molar-refractivity contribution in [2.75, 3.05) is 36.5 Å². The first kappa shape index (κ1) is 21.7. The van der Waals surface area contributed by atoms with Crippen LogP contribution in [0.4, 0.5) is 30.5 Å². The largest absolute Gasteiger partial charge is 0.419 e. The molecule has 11 heteroatoms. The minimum atomic E-state index is -4.56. The van der Waals surface area contributed by atoms with Gasteiger partial charge in [0.15, 0.2) is 5.69 Å². The molecule has 0 unspecified atom stereocenters. The third-order valence-electron chi connectivity index (χ3n) is 4.55. The fourth-order valence-corrected chi connectivity index (χ4v) is 3.09. The molecule has 0 amide bonds. The second kappa shape index (κ2) is 9.23. The lowest BCUT2D eigenvalue weighted by Crippen LogP contribution is -2.47. The molecule has 1 atom stereocenters. The van der Waals surface area contributed by atoms with Crippen molar-refractivity contribution < 1.29 is 17.9 Å². The van der Waals surface area contributed by atoms with Crippen molar-refractivity contribution in [2.45, 2.75) is 32.2 Å². The molecule has 3 heterocycles. The molecule has 0 bridgehead atoms. The normalized spacial score (nSPS) is 16.9. The zero-order chi connectivity index (χ0) is 21.7. The lowest BCUT2D eigenvalue weighted by Gasteiger charge is -2.36. The Morgan fingerprint density at radius 2 is 2.03 bits per heavy atom. The molecule has 2 aromatic rings. The zero-order valence-electron chi connectivity index (χ0n) is 16.6. The van der Waals surface area contributed by atoms with Crippen molar-refractivity contribution in [3.05, 3.63) is 35.9 Å². The minimum Gasteiger partial charge on any atom is -0.374 e. The van der Waals surface area contributed by atoms with Crippen molar-refractivity contribution in [1.29, 1.82) is 5.26 Å². The van der Waals surface area contributed by atoms with Crippen molar-refractivity contribution in [3.8, 4) is 6.07 Å². The summed E-state index contributed by atoms with van der Waals surface area (Å²) in [6.45, 7) is 5.77. The number of ether oxygens (including phenoxy) is 1. The molecule has 0 radical (unpaired) electrons. The maximum atomic E-state index is 13.7. The van der Waals surface area contributed by atoms with E-state index in [0.29, 0.717) is 19.7 Å². The van der Waals surface area contributed by atoms with Crippen LogP contribution in [0.15, 0.2) is 24.7 Å². The van der Waals surface area contributed by atoms with Crippen LogP contribution in [0, 0.1) is 11.3 Å². The van der Waals surface area contributed by atoms with E-state index in [1.165, 1.54) is 18.5 Å². The van der Waals surface area contributed by atoms with Crippen LogP contribution in [-0.2, 0) is 10.9 Å². The Morgan fingerprint density at radius 3 is 2.60 bits per heavy atom. The van der Waals surface area contributed by atoms with Crippen molar-refractivity contribution in [1.82, 2.24) is 20.3 Å². The van der Waals surface area contributed by atoms with E-state index in [1.54, 1.807) is 4.90 Å². The first-order chi connectivity index (χ1) is 14.3. The molecule has 0 aliphatic carbocycles. The standard InChI is InChI=1S/C19H22F3N7O/c1-12(2)29(11-14-8-24-3-4-30-14)16-5-17(27-9-15(16)19(20,21)22)28-18-10-25-13(6-23)7-26-18/h5,7,9-10,12,14,24H,3-4,8,11H2,1-2H3,(H,26,27,28)/t14-/m1/s1. The highest BCUT2D eigenvalue weighted by Crippen LogP contribution is 2.38. The van der Waals surface area contributed by atoms with Gasteiger partial charge in [-0.2, -0.15) is 18.4 Å². The molecule has 2 aromatic heterocycles. The second-order valence-corrected chi connectivity index (χ2v) is 7.05. The summed E-state index contributed by atoms with van der Waals surface area (Å²) in [4.78, 5) is 13.5. The molecule has 8 nitrogen and oxygen atoms in total. The van der Waals surface area contributed by atoms with Crippen LogP contribution in [0.2, 0.25) is 0 Å².